The molecule has 33 heavy (non-hydrogen) atoms. The van der Waals surface area contributed by atoms with E-state index in [9.17, 15) is 5.26 Å². The quantitative estimate of drug-likeness (QED) is 0.309. The fourth-order valence-corrected chi connectivity index (χ4v) is 3.98. The van der Waals surface area contributed by atoms with Crippen molar-refractivity contribution in [3.05, 3.63) is 114 Å². The molecule has 0 aliphatic carbocycles. The summed E-state index contributed by atoms with van der Waals surface area (Å²) in [6.45, 7) is 2.08. The Morgan fingerprint density at radius 3 is 2.45 bits per heavy atom. The maximum atomic E-state index is 9.69. The maximum absolute atomic E-state index is 9.69. The third-order valence-corrected chi connectivity index (χ3v) is 5.83. The Kier molecular flexibility index (Phi) is 5.45. The van der Waals surface area contributed by atoms with Crippen LogP contribution in [-0.2, 0) is 0 Å². The van der Waals surface area contributed by atoms with Gasteiger partial charge < -0.3 is 10.3 Å². The van der Waals surface area contributed by atoms with Crippen molar-refractivity contribution in [2.75, 3.05) is 5.32 Å². The van der Waals surface area contributed by atoms with Crippen molar-refractivity contribution < 1.29 is 0 Å². The van der Waals surface area contributed by atoms with E-state index in [-0.39, 0.29) is 0 Å². The zero-order chi connectivity index (χ0) is 22.6. The second-order valence-corrected chi connectivity index (χ2v) is 7.89. The van der Waals surface area contributed by atoms with Gasteiger partial charge >= 0.3 is 0 Å². The highest BCUT2D eigenvalue weighted by molar-refractivity contribution is 5.90. The summed E-state index contributed by atoms with van der Waals surface area (Å²) in [7, 11) is 0. The van der Waals surface area contributed by atoms with Gasteiger partial charge in [-0.15, -0.1) is 0 Å². The van der Waals surface area contributed by atoms with Crippen molar-refractivity contribution in [3.8, 4) is 17.2 Å². The van der Waals surface area contributed by atoms with Gasteiger partial charge in [0.15, 0.2) is 0 Å². The number of rotatable bonds is 5. The summed E-state index contributed by atoms with van der Waals surface area (Å²) in [5.74, 6) is 0. The van der Waals surface area contributed by atoms with Gasteiger partial charge in [-0.05, 0) is 47.4 Å². The molecule has 0 aliphatic heterocycles. The average molecular weight is 427 g/mol. The number of nitrogens with one attached hydrogen (secondary N) is 2. The number of pyridine rings is 1. The predicted octanol–water partition coefficient (Wildman–Crippen LogP) is 7.32. The molecule has 4 nitrogen and oxygen atoms in total. The van der Waals surface area contributed by atoms with E-state index in [0.29, 0.717) is 5.56 Å². The third kappa shape index (κ3) is 4.13. The summed E-state index contributed by atoms with van der Waals surface area (Å²) in [6, 6.07) is 27.2. The van der Waals surface area contributed by atoms with Crippen LogP contribution < -0.4 is 5.32 Å². The van der Waals surface area contributed by atoms with Gasteiger partial charge in [0.25, 0.3) is 0 Å². The second kappa shape index (κ2) is 8.86. The van der Waals surface area contributed by atoms with E-state index in [1.807, 2.05) is 48.7 Å². The molecule has 158 valence electrons. The van der Waals surface area contributed by atoms with Crippen LogP contribution in [0.15, 0.2) is 91.4 Å². The molecule has 0 saturated carbocycles. The predicted molar refractivity (Wildman–Crippen MR) is 136 cm³/mol. The van der Waals surface area contributed by atoms with Crippen molar-refractivity contribution >= 4 is 34.4 Å². The number of benzene rings is 3. The molecular weight excluding hydrogens is 404 g/mol. The van der Waals surface area contributed by atoms with Gasteiger partial charge in [-0.3, -0.25) is 4.98 Å². The van der Waals surface area contributed by atoms with E-state index < -0.39 is 0 Å². The molecule has 4 heteroatoms. The lowest BCUT2D eigenvalue weighted by atomic mass is 10.0. The molecule has 5 rings (SSSR count). The van der Waals surface area contributed by atoms with Gasteiger partial charge in [-0.1, -0.05) is 66.7 Å². The van der Waals surface area contributed by atoms with Gasteiger partial charge in [0.2, 0.25) is 0 Å². The molecule has 0 radical (unpaired) electrons. The van der Waals surface area contributed by atoms with Crippen molar-refractivity contribution in [1.29, 1.82) is 5.26 Å². The number of fused-ring (bicyclic) bond motifs is 1. The average Bonchev–Trinajstić information content (AvgIpc) is 3.35. The minimum absolute atomic E-state index is 0.505. The highest BCUT2D eigenvalue weighted by Gasteiger charge is 2.11. The molecule has 2 heterocycles. The lowest BCUT2D eigenvalue weighted by Crippen LogP contribution is -1.99. The molecule has 0 aliphatic rings. The fraction of sp³-hybridized carbons (Fsp3) is 0.0345. The van der Waals surface area contributed by atoms with Crippen LogP contribution in [0, 0.1) is 18.3 Å². The number of aryl methyl sites for hydroxylation is 1. The van der Waals surface area contributed by atoms with Crippen molar-refractivity contribution in [3.63, 3.8) is 0 Å². The first kappa shape index (κ1) is 20.3. The van der Waals surface area contributed by atoms with E-state index in [0.717, 1.165) is 39.0 Å². The summed E-state index contributed by atoms with van der Waals surface area (Å²) >= 11 is 0. The molecule has 0 unspecified atom stereocenters. The van der Waals surface area contributed by atoms with Crippen LogP contribution in [0.25, 0.3) is 34.2 Å². The Labute approximate surface area is 192 Å². The van der Waals surface area contributed by atoms with Crippen LogP contribution >= 0.6 is 0 Å². The van der Waals surface area contributed by atoms with Crippen LogP contribution in [0.4, 0.5) is 11.4 Å². The van der Waals surface area contributed by atoms with Crippen LogP contribution in [0.1, 0.15) is 22.3 Å². The highest BCUT2D eigenvalue weighted by atomic mass is 14.9. The molecule has 5 aromatic rings. The standard InChI is InChI=1S/C29H22N4/c1-20-26-15-16-32-28(26)14-13-27(20)33-29-24(18-31-19-25(29)17-30)12-9-21-7-10-23(11-8-21)22-5-3-2-4-6-22/h2-16,18-19,32H,1H3,(H,31,33). The first-order valence-electron chi connectivity index (χ1n) is 10.8. The normalized spacial score (nSPS) is 11.0. The number of hydrogen-bond acceptors (Lipinski definition) is 3. The van der Waals surface area contributed by atoms with Crippen molar-refractivity contribution in [1.82, 2.24) is 9.97 Å². The van der Waals surface area contributed by atoms with Gasteiger partial charge in [0.05, 0.1) is 11.3 Å². The fourth-order valence-electron chi connectivity index (χ4n) is 3.98. The third-order valence-electron chi connectivity index (χ3n) is 5.83. The number of aromatic amines is 1. The largest absolute Gasteiger partial charge is 0.361 e. The minimum atomic E-state index is 0.505. The molecule has 3 aromatic carbocycles. The Balaban J connectivity index is 1.46. The molecule has 0 saturated heterocycles. The SMILES string of the molecule is Cc1c(Nc2c(C#N)cncc2C=Cc2ccc(-c3ccccc3)cc2)ccc2[nH]ccc12. The number of H-pyrrole nitrogens is 1. The molecule has 0 spiro atoms. The number of aromatic nitrogens is 2. The van der Waals surface area contributed by atoms with Crippen molar-refractivity contribution in [2.45, 2.75) is 6.92 Å². The summed E-state index contributed by atoms with van der Waals surface area (Å²) in [5, 5.41) is 14.3. The number of nitriles is 1. The van der Waals surface area contributed by atoms with Crippen LogP contribution in [-0.4, -0.2) is 9.97 Å². The zero-order valence-electron chi connectivity index (χ0n) is 18.2. The van der Waals surface area contributed by atoms with Gasteiger partial charge in [0.1, 0.15) is 6.07 Å². The topological polar surface area (TPSA) is 64.5 Å². The summed E-state index contributed by atoms with van der Waals surface area (Å²) < 4.78 is 0. The highest BCUT2D eigenvalue weighted by Crippen LogP contribution is 2.31. The van der Waals surface area contributed by atoms with Crippen LogP contribution in [0.5, 0.6) is 0 Å². The Hall–Kier alpha value is -4.62. The lowest BCUT2D eigenvalue weighted by Gasteiger charge is -2.14. The van der Waals surface area contributed by atoms with Gasteiger partial charge in [-0.2, -0.15) is 5.26 Å². The Bertz CT molecular complexity index is 1490. The number of hydrogen-bond donors (Lipinski definition) is 2. The van der Waals surface area contributed by atoms with E-state index >= 15 is 0 Å². The lowest BCUT2D eigenvalue weighted by molar-refractivity contribution is 1.28. The van der Waals surface area contributed by atoms with Crippen molar-refractivity contribution in [2.24, 2.45) is 0 Å². The van der Waals surface area contributed by atoms with E-state index in [4.69, 9.17) is 0 Å². The molecular formula is C29H22N4. The van der Waals surface area contributed by atoms with Gasteiger partial charge in [-0.25, -0.2) is 0 Å². The molecule has 0 atom stereocenters. The molecule has 0 amide bonds. The number of nitrogens with zero attached hydrogens (tertiary/aromatic N) is 2. The summed E-state index contributed by atoms with van der Waals surface area (Å²) in [5.41, 5.74) is 8.74. The van der Waals surface area contributed by atoms with Gasteiger partial charge in [0, 0.05) is 40.7 Å². The monoisotopic (exact) mass is 426 g/mol. The first-order chi connectivity index (χ1) is 16.2. The molecule has 0 fully saturated rings. The Morgan fingerprint density at radius 2 is 1.67 bits per heavy atom. The first-order valence-corrected chi connectivity index (χ1v) is 10.8. The Morgan fingerprint density at radius 1 is 0.879 bits per heavy atom. The van der Waals surface area contributed by atoms with E-state index in [1.54, 1.807) is 12.4 Å². The molecule has 0 bridgehead atoms. The molecule has 2 N–H and O–H groups in total. The van der Waals surface area contributed by atoms with E-state index in [1.165, 1.54) is 11.1 Å². The number of anilines is 2. The summed E-state index contributed by atoms with van der Waals surface area (Å²) in [4.78, 5) is 7.51. The minimum Gasteiger partial charge on any atom is -0.361 e. The maximum Gasteiger partial charge on any atom is 0.103 e. The van der Waals surface area contributed by atoms with Crippen LogP contribution in [0.2, 0.25) is 0 Å². The second-order valence-electron chi connectivity index (χ2n) is 7.89. The molecule has 2 aromatic heterocycles. The smallest absolute Gasteiger partial charge is 0.103 e. The zero-order valence-corrected chi connectivity index (χ0v) is 18.2. The van der Waals surface area contributed by atoms with Crippen LogP contribution in [0.3, 0.4) is 0 Å². The summed E-state index contributed by atoms with van der Waals surface area (Å²) in [6.07, 6.45) is 9.35. The van der Waals surface area contributed by atoms with E-state index in [2.05, 4.69) is 70.7 Å².